The lowest BCUT2D eigenvalue weighted by Crippen LogP contribution is -2.44. The van der Waals surface area contributed by atoms with Gasteiger partial charge in [-0.3, -0.25) is 15.6 Å². The van der Waals surface area contributed by atoms with Crippen LogP contribution < -0.4 is 16.2 Å². The summed E-state index contributed by atoms with van der Waals surface area (Å²) in [6, 6.07) is 1.79. The van der Waals surface area contributed by atoms with Crippen LogP contribution in [0.15, 0.2) is 11.4 Å². The highest BCUT2D eigenvalue weighted by Crippen LogP contribution is 2.32. The number of thiophene rings is 2. The molecule has 1 atom stereocenters. The van der Waals surface area contributed by atoms with Crippen molar-refractivity contribution in [3.05, 3.63) is 37.9 Å². The molecule has 0 aromatic carbocycles. The largest absolute Gasteiger partial charge is 0.465 e. The predicted octanol–water partition coefficient (Wildman–Crippen LogP) is 3.91. The number of methoxy groups -OCH3 is 1. The highest BCUT2D eigenvalue weighted by atomic mass is 32.1. The lowest BCUT2D eigenvalue weighted by molar-refractivity contribution is 0.0602. The van der Waals surface area contributed by atoms with E-state index < -0.39 is 5.97 Å². The van der Waals surface area contributed by atoms with Gasteiger partial charge in [-0.05, 0) is 55.4 Å². The van der Waals surface area contributed by atoms with E-state index in [9.17, 15) is 9.59 Å². The second-order valence-electron chi connectivity index (χ2n) is 6.73. The molecule has 6 nitrogen and oxygen atoms in total. The molecule has 0 unspecified atom stereocenters. The molecule has 28 heavy (non-hydrogen) atoms. The number of esters is 1. The zero-order valence-corrected chi connectivity index (χ0v) is 18.5. The summed E-state index contributed by atoms with van der Waals surface area (Å²) in [4.78, 5) is 26.8. The molecule has 3 N–H and O–H groups in total. The van der Waals surface area contributed by atoms with Crippen LogP contribution in [0.4, 0.5) is 5.00 Å². The Hall–Kier alpha value is -1.97. The molecule has 0 spiro atoms. The molecule has 0 radical (unpaired) electrons. The molecule has 2 aromatic heterocycles. The van der Waals surface area contributed by atoms with E-state index >= 15 is 0 Å². The molecule has 9 heteroatoms. The van der Waals surface area contributed by atoms with Crippen LogP contribution in [0.5, 0.6) is 0 Å². The Morgan fingerprint density at radius 1 is 1.32 bits per heavy atom. The molecule has 2 aromatic rings. The topological polar surface area (TPSA) is 79.5 Å². The van der Waals surface area contributed by atoms with Gasteiger partial charge in [-0.15, -0.1) is 22.7 Å². The van der Waals surface area contributed by atoms with Gasteiger partial charge in [0.05, 0.1) is 18.2 Å². The van der Waals surface area contributed by atoms with Crippen LogP contribution in [0, 0.1) is 5.92 Å². The van der Waals surface area contributed by atoms with Gasteiger partial charge < -0.3 is 10.1 Å². The van der Waals surface area contributed by atoms with Gasteiger partial charge in [-0.25, -0.2) is 4.79 Å². The number of carbonyl (C=O) groups excluding carboxylic acids is 2. The third-order valence-corrected chi connectivity index (χ3v) is 7.15. The molecule has 0 bridgehead atoms. The lowest BCUT2D eigenvalue weighted by Gasteiger charge is -2.19. The van der Waals surface area contributed by atoms with Crippen LogP contribution in [0.1, 0.15) is 56.3 Å². The van der Waals surface area contributed by atoms with E-state index in [1.165, 1.54) is 23.3 Å². The summed E-state index contributed by atoms with van der Waals surface area (Å²) in [6.07, 6.45) is 3.87. The Bertz CT molecular complexity index is 904. The van der Waals surface area contributed by atoms with Gasteiger partial charge in [0.2, 0.25) is 0 Å². The first kappa shape index (κ1) is 20.8. The van der Waals surface area contributed by atoms with Crippen molar-refractivity contribution in [2.75, 3.05) is 12.4 Å². The van der Waals surface area contributed by atoms with Crippen LogP contribution >= 0.6 is 34.9 Å². The average Bonchev–Trinajstić information content (AvgIpc) is 3.29. The minimum atomic E-state index is -0.426. The Kier molecular flexibility index (Phi) is 6.69. The standard InChI is InChI=1S/C19H23N3O3S3/c1-4-11-8-13(18(24)25-3)17(28-11)20-19(26)22-21-16(23)14-9-27-15-7-10(2)5-6-12(14)15/h8-10H,4-7H2,1-3H3,(H,21,23)(H2,20,22,26)/t10-/m0/s1. The van der Waals surface area contributed by atoms with Crippen molar-refractivity contribution in [2.24, 2.45) is 5.92 Å². The number of carbonyl (C=O) groups is 2. The highest BCUT2D eigenvalue weighted by molar-refractivity contribution is 7.80. The van der Waals surface area contributed by atoms with E-state index in [1.54, 1.807) is 17.4 Å². The number of amides is 1. The summed E-state index contributed by atoms with van der Waals surface area (Å²) in [5.74, 6) is 0.0361. The Morgan fingerprint density at radius 3 is 2.82 bits per heavy atom. The Morgan fingerprint density at radius 2 is 2.11 bits per heavy atom. The zero-order chi connectivity index (χ0) is 20.3. The zero-order valence-electron chi connectivity index (χ0n) is 16.0. The third kappa shape index (κ3) is 4.53. The fourth-order valence-corrected chi connectivity index (χ4v) is 5.60. The van der Waals surface area contributed by atoms with Crippen LogP contribution in [-0.2, 0) is 24.0 Å². The monoisotopic (exact) mass is 437 g/mol. The number of anilines is 1. The van der Waals surface area contributed by atoms with Gasteiger partial charge in [-0.1, -0.05) is 13.8 Å². The second-order valence-corrected chi connectivity index (χ2v) is 9.24. The molecule has 0 fully saturated rings. The fourth-order valence-electron chi connectivity index (χ4n) is 3.15. The molecule has 3 rings (SSSR count). The number of nitrogens with one attached hydrogen (secondary N) is 3. The maximum absolute atomic E-state index is 12.6. The van der Waals surface area contributed by atoms with Crippen LogP contribution in [-0.4, -0.2) is 24.1 Å². The minimum Gasteiger partial charge on any atom is -0.465 e. The quantitative estimate of drug-likeness (QED) is 0.382. The third-order valence-electron chi connectivity index (χ3n) is 4.70. The normalized spacial score (nSPS) is 15.5. The fraction of sp³-hybridized carbons (Fsp3) is 0.421. The van der Waals surface area contributed by atoms with Gasteiger partial charge in [0, 0.05) is 15.1 Å². The first-order chi connectivity index (χ1) is 13.4. The number of fused-ring (bicyclic) bond motifs is 1. The summed E-state index contributed by atoms with van der Waals surface area (Å²) >= 11 is 8.35. The smallest absolute Gasteiger partial charge is 0.340 e. The number of ether oxygens (including phenoxy) is 1. The average molecular weight is 438 g/mol. The van der Waals surface area contributed by atoms with Crippen molar-refractivity contribution < 1.29 is 14.3 Å². The van der Waals surface area contributed by atoms with Crippen molar-refractivity contribution in [2.45, 2.75) is 39.5 Å². The number of hydrazine groups is 1. The van der Waals surface area contributed by atoms with Crippen LogP contribution in [0.2, 0.25) is 0 Å². The van der Waals surface area contributed by atoms with Gasteiger partial charge in [0.1, 0.15) is 5.00 Å². The molecule has 2 heterocycles. The lowest BCUT2D eigenvalue weighted by atomic mass is 9.88. The van der Waals surface area contributed by atoms with Gasteiger partial charge in [0.15, 0.2) is 5.11 Å². The summed E-state index contributed by atoms with van der Waals surface area (Å²) in [6.45, 7) is 4.25. The van der Waals surface area contributed by atoms with Crippen molar-refractivity contribution in [1.82, 2.24) is 10.9 Å². The number of thiocarbonyl (C=S) groups is 1. The summed E-state index contributed by atoms with van der Waals surface area (Å²) in [5, 5.41) is 5.69. The van der Waals surface area contributed by atoms with Gasteiger partial charge in [-0.2, -0.15) is 0 Å². The summed E-state index contributed by atoms with van der Waals surface area (Å²) in [5.41, 5.74) is 7.67. The number of rotatable bonds is 4. The molecule has 0 saturated heterocycles. The van der Waals surface area contributed by atoms with E-state index in [-0.39, 0.29) is 11.0 Å². The molecular formula is C19H23N3O3S3. The van der Waals surface area contributed by atoms with Crippen molar-refractivity contribution in [3.8, 4) is 0 Å². The van der Waals surface area contributed by atoms with Crippen LogP contribution in [0.3, 0.4) is 0 Å². The molecule has 1 amide bonds. The molecule has 150 valence electrons. The van der Waals surface area contributed by atoms with Crippen molar-refractivity contribution >= 4 is 56.9 Å². The van der Waals surface area contributed by atoms with Crippen molar-refractivity contribution in [1.29, 1.82) is 0 Å². The Labute approximate surface area is 177 Å². The number of hydrogen-bond acceptors (Lipinski definition) is 6. The molecular weight excluding hydrogens is 414 g/mol. The number of hydrogen-bond donors (Lipinski definition) is 3. The van der Waals surface area contributed by atoms with E-state index in [4.69, 9.17) is 17.0 Å². The summed E-state index contributed by atoms with van der Waals surface area (Å²) in [7, 11) is 1.34. The molecule has 1 aliphatic carbocycles. The van der Waals surface area contributed by atoms with Crippen molar-refractivity contribution in [3.63, 3.8) is 0 Å². The van der Waals surface area contributed by atoms with Crippen LogP contribution in [0.25, 0.3) is 0 Å². The highest BCUT2D eigenvalue weighted by Gasteiger charge is 2.23. The SMILES string of the molecule is CCc1cc(C(=O)OC)c(NC(=S)NNC(=O)c2csc3c2CC[C@H](C)C3)s1. The minimum absolute atomic E-state index is 0.204. The first-order valence-corrected chi connectivity index (χ1v) is 11.2. The van der Waals surface area contributed by atoms with E-state index in [2.05, 4.69) is 23.1 Å². The summed E-state index contributed by atoms with van der Waals surface area (Å²) < 4.78 is 4.82. The number of aryl methyl sites for hydroxylation is 1. The van der Waals surface area contributed by atoms with E-state index in [0.29, 0.717) is 22.0 Å². The predicted molar refractivity (Wildman–Crippen MR) is 117 cm³/mol. The van der Waals surface area contributed by atoms with E-state index in [1.807, 2.05) is 12.3 Å². The Balaban J connectivity index is 1.61. The second kappa shape index (κ2) is 9.02. The van der Waals surface area contributed by atoms with Gasteiger partial charge >= 0.3 is 5.97 Å². The van der Waals surface area contributed by atoms with E-state index in [0.717, 1.165) is 36.1 Å². The van der Waals surface area contributed by atoms with Gasteiger partial charge in [0.25, 0.3) is 5.91 Å². The maximum atomic E-state index is 12.6. The first-order valence-electron chi connectivity index (χ1n) is 9.10. The maximum Gasteiger partial charge on any atom is 0.340 e. The molecule has 0 aliphatic heterocycles. The molecule has 0 saturated carbocycles. The molecule has 1 aliphatic rings.